The van der Waals surface area contributed by atoms with E-state index in [1.165, 1.54) is 0 Å². The number of benzene rings is 1. The lowest BCUT2D eigenvalue weighted by Crippen LogP contribution is -1.86. The van der Waals surface area contributed by atoms with Crippen LogP contribution >= 0.6 is 39.3 Å². The zero-order valence-electron chi connectivity index (χ0n) is 6.89. The Morgan fingerprint density at radius 3 is 2.85 bits per heavy atom. The first kappa shape index (κ1) is 11.0. The van der Waals surface area contributed by atoms with E-state index in [-0.39, 0.29) is 0 Å². The summed E-state index contributed by atoms with van der Waals surface area (Å²) in [4.78, 5) is 1.10. The van der Waals surface area contributed by atoms with Crippen LogP contribution in [0.4, 0.5) is 5.69 Å². The Morgan fingerprint density at radius 2 is 2.31 bits per heavy atom. The van der Waals surface area contributed by atoms with Crippen LogP contribution in [0.5, 0.6) is 0 Å². The van der Waals surface area contributed by atoms with Crippen molar-refractivity contribution in [2.45, 2.75) is 4.90 Å². The van der Waals surface area contributed by atoms with Crippen LogP contribution in [0.15, 0.2) is 34.2 Å². The minimum absolute atomic E-state index is 0.602. The maximum Gasteiger partial charge on any atom is 0.0646 e. The van der Waals surface area contributed by atoms with Gasteiger partial charge in [-0.3, -0.25) is 0 Å². The molecule has 1 aromatic carbocycles. The van der Waals surface area contributed by atoms with Crippen LogP contribution < -0.4 is 5.73 Å². The van der Waals surface area contributed by atoms with Gasteiger partial charge in [0, 0.05) is 10.6 Å². The Morgan fingerprint density at radius 1 is 1.62 bits per heavy atom. The number of thioether (sulfide) groups is 1. The van der Waals surface area contributed by atoms with Crippen LogP contribution in [0.1, 0.15) is 0 Å². The summed E-state index contributed by atoms with van der Waals surface area (Å²) in [6.07, 6.45) is 0. The summed E-state index contributed by atoms with van der Waals surface area (Å²) < 4.78 is 0.963. The topological polar surface area (TPSA) is 26.0 Å². The molecule has 0 radical (unpaired) electrons. The van der Waals surface area contributed by atoms with Crippen LogP contribution in [0, 0.1) is 0 Å². The molecule has 0 atom stereocenters. The summed E-state index contributed by atoms with van der Waals surface area (Å²) in [7, 11) is 0. The Labute approximate surface area is 95.5 Å². The Bertz CT molecular complexity index is 327. The fraction of sp³-hybridized carbons (Fsp3) is 0.111. The molecule has 70 valence electrons. The molecule has 0 heterocycles. The van der Waals surface area contributed by atoms with Crippen LogP contribution in [-0.4, -0.2) is 5.75 Å². The van der Waals surface area contributed by atoms with Gasteiger partial charge in [0.15, 0.2) is 0 Å². The maximum atomic E-state index is 5.86. The SMILES string of the molecule is C=C(Br)CSc1ccc(N)c(Cl)c1. The first-order chi connectivity index (χ1) is 6.09. The predicted molar refractivity (Wildman–Crippen MR) is 64.7 cm³/mol. The average molecular weight is 279 g/mol. The molecule has 0 amide bonds. The quantitative estimate of drug-likeness (QED) is 0.670. The fourth-order valence-corrected chi connectivity index (χ4v) is 2.04. The molecular weight excluding hydrogens is 270 g/mol. The van der Waals surface area contributed by atoms with E-state index in [2.05, 4.69) is 22.5 Å². The molecule has 0 spiro atoms. The summed E-state index contributed by atoms with van der Waals surface area (Å²) in [5.74, 6) is 0.834. The summed E-state index contributed by atoms with van der Waals surface area (Å²) >= 11 is 10.8. The van der Waals surface area contributed by atoms with Crippen LogP contribution in [0.2, 0.25) is 5.02 Å². The van der Waals surface area contributed by atoms with Crippen LogP contribution in [-0.2, 0) is 0 Å². The third-order valence-corrected chi connectivity index (χ3v) is 3.43. The lowest BCUT2D eigenvalue weighted by atomic mass is 10.3. The number of hydrogen-bond donors (Lipinski definition) is 1. The molecule has 13 heavy (non-hydrogen) atoms. The zero-order chi connectivity index (χ0) is 9.84. The highest BCUT2D eigenvalue weighted by molar-refractivity contribution is 9.11. The first-order valence-electron chi connectivity index (χ1n) is 3.60. The molecule has 0 aliphatic rings. The summed E-state index contributed by atoms with van der Waals surface area (Å²) in [6.45, 7) is 3.75. The van der Waals surface area contributed by atoms with Crippen molar-refractivity contribution < 1.29 is 0 Å². The van der Waals surface area contributed by atoms with Gasteiger partial charge in [-0.2, -0.15) is 0 Å². The van der Waals surface area contributed by atoms with E-state index >= 15 is 0 Å². The maximum absolute atomic E-state index is 5.86. The number of hydrogen-bond acceptors (Lipinski definition) is 2. The zero-order valence-corrected chi connectivity index (χ0v) is 10.0. The third kappa shape index (κ3) is 3.63. The summed E-state index contributed by atoms with van der Waals surface area (Å²) in [5.41, 5.74) is 6.19. The molecule has 4 heteroatoms. The van der Waals surface area contributed by atoms with Gasteiger partial charge in [-0.15, -0.1) is 11.8 Å². The second-order valence-electron chi connectivity index (χ2n) is 2.49. The Hall–Kier alpha value is -0.120. The van der Waals surface area contributed by atoms with Crippen molar-refractivity contribution in [1.82, 2.24) is 0 Å². The monoisotopic (exact) mass is 277 g/mol. The second kappa shape index (κ2) is 4.94. The van der Waals surface area contributed by atoms with Gasteiger partial charge in [-0.25, -0.2) is 0 Å². The molecule has 0 aromatic heterocycles. The predicted octanol–water partition coefficient (Wildman–Crippen LogP) is 3.92. The minimum Gasteiger partial charge on any atom is -0.398 e. The largest absolute Gasteiger partial charge is 0.398 e. The number of nitrogens with two attached hydrogens (primary N) is 1. The molecule has 0 aliphatic carbocycles. The van der Waals surface area contributed by atoms with Gasteiger partial charge in [0.05, 0.1) is 10.7 Å². The number of nitrogen functional groups attached to an aromatic ring is 1. The molecule has 2 N–H and O–H groups in total. The molecule has 0 saturated heterocycles. The van der Waals surface area contributed by atoms with Crippen molar-refractivity contribution in [3.8, 4) is 0 Å². The fourth-order valence-electron chi connectivity index (χ4n) is 0.759. The van der Waals surface area contributed by atoms with Gasteiger partial charge >= 0.3 is 0 Å². The highest BCUT2D eigenvalue weighted by Gasteiger charge is 1.99. The average Bonchev–Trinajstić information content (AvgIpc) is 2.07. The lowest BCUT2D eigenvalue weighted by Gasteiger charge is -2.02. The van der Waals surface area contributed by atoms with E-state index in [0.29, 0.717) is 10.7 Å². The van der Waals surface area contributed by atoms with Crippen molar-refractivity contribution in [2.75, 3.05) is 11.5 Å². The van der Waals surface area contributed by atoms with E-state index in [4.69, 9.17) is 17.3 Å². The standard InChI is InChI=1S/C9H9BrClNS/c1-6(10)5-13-7-2-3-9(12)8(11)4-7/h2-4H,1,5,12H2. The number of halogens is 2. The molecular formula is C9H9BrClNS. The molecule has 0 unspecified atom stereocenters. The van der Waals surface area contributed by atoms with Gasteiger partial charge in [0.1, 0.15) is 0 Å². The van der Waals surface area contributed by atoms with E-state index < -0.39 is 0 Å². The summed E-state index contributed by atoms with van der Waals surface area (Å²) in [5, 5.41) is 0.602. The van der Waals surface area contributed by atoms with Gasteiger partial charge in [-0.05, 0) is 22.7 Å². The van der Waals surface area contributed by atoms with Gasteiger partial charge in [-0.1, -0.05) is 34.1 Å². The lowest BCUT2D eigenvalue weighted by molar-refractivity contribution is 1.46. The number of anilines is 1. The van der Waals surface area contributed by atoms with Crippen molar-refractivity contribution in [3.05, 3.63) is 34.3 Å². The van der Waals surface area contributed by atoms with Crippen LogP contribution in [0.3, 0.4) is 0 Å². The van der Waals surface area contributed by atoms with E-state index in [9.17, 15) is 0 Å². The van der Waals surface area contributed by atoms with E-state index in [0.717, 1.165) is 15.1 Å². The third-order valence-electron chi connectivity index (χ3n) is 1.37. The molecule has 0 aliphatic heterocycles. The molecule has 0 bridgehead atoms. The van der Waals surface area contributed by atoms with E-state index in [1.807, 2.05) is 18.2 Å². The Balaban J connectivity index is 2.68. The van der Waals surface area contributed by atoms with Gasteiger partial charge in [0.2, 0.25) is 0 Å². The molecule has 1 rings (SSSR count). The molecule has 0 saturated carbocycles. The van der Waals surface area contributed by atoms with Crippen molar-refractivity contribution in [3.63, 3.8) is 0 Å². The number of rotatable bonds is 3. The minimum atomic E-state index is 0.602. The van der Waals surface area contributed by atoms with Gasteiger partial charge in [0.25, 0.3) is 0 Å². The summed E-state index contributed by atoms with van der Waals surface area (Å²) in [6, 6.07) is 5.61. The molecule has 1 nitrogen and oxygen atoms in total. The normalized spacial score (nSPS) is 10.0. The molecule has 0 fully saturated rings. The second-order valence-corrected chi connectivity index (χ2v) is 5.07. The van der Waals surface area contributed by atoms with E-state index in [1.54, 1.807) is 11.8 Å². The van der Waals surface area contributed by atoms with Crippen molar-refractivity contribution >= 4 is 45.0 Å². The van der Waals surface area contributed by atoms with Crippen molar-refractivity contribution in [1.29, 1.82) is 0 Å². The smallest absolute Gasteiger partial charge is 0.0646 e. The Kier molecular flexibility index (Phi) is 4.16. The van der Waals surface area contributed by atoms with Crippen LogP contribution in [0.25, 0.3) is 0 Å². The van der Waals surface area contributed by atoms with Crippen molar-refractivity contribution in [2.24, 2.45) is 0 Å². The highest BCUT2D eigenvalue weighted by Crippen LogP contribution is 2.27. The first-order valence-corrected chi connectivity index (χ1v) is 5.76. The highest BCUT2D eigenvalue weighted by atomic mass is 79.9. The molecule has 1 aromatic rings. The van der Waals surface area contributed by atoms with Gasteiger partial charge < -0.3 is 5.73 Å².